The van der Waals surface area contributed by atoms with E-state index in [1.54, 1.807) is 37.4 Å². The smallest absolute Gasteiger partial charge is 0.267 e. The number of aryl methyl sites for hydroxylation is 4. The van der Waals surface area contributed by atoms with Crippen LogP contribution in [0.4, 0.5) is 0 Å². The van der Waals surface area contributed by atoms with E-state index in [0.29, 0.717) is 33.9 Å². The van der Waals surface area contributed by atoms with E-state index in [2.05, 4.69) is 4.98 Å². The second kappa shape index (κ2) is 9.26. The number of carbonyl (C=O) groups is 1. The van der Waals surface area contributed by atoms with Gasteiger partial charge in [-0.2, -0.15) is 5.10 Å². The van der Waals surface area contributed by atoms with Crippen molar-refractivity contribution >= 4 is 11.4 Å². The summed E-state index contributed by atoms with van der Waals surface area (Å²) in [6.07, 6.45) is 1.65. The van der Waals surface area contributed by atoms with Crippen LogP contribution in [0.3, 0.4) is 0 Å². The van der Waals surface area contributed by atoms with Gasteiger partial charge in [0.2, 0.25) is 0 Å². The Morgan fingerprint density at radius 2 is 1.69 bits per heavy atom. The zero-order valence-electron chi connectivity index (χ0n) is 20.6. The Bertz CT molecular complexity index is 1660. The monoisotopic (exact) mass is 478 g/mol. The molecule has 0 aliphatic carbocycles. The van der Waals surface area contributed by atoms with Crippen molar-refractivity contribution < 1.29 is 9.53 Å². The van der Waals surface area contributed by atoms with Crippen LogP contribution < -0.4 is 10.3 Å². The van der Waals surface area contributed by atoms with Gasteiger partial charge in [-0.05, 0) is 57.5 Å². The summed E-state index contributed by atoms with van der Waals surface area (Å²) in [4.78, 5) is 30.8. The quantitative estimate of drug-likeness (QED) is 0.320. The molecule has 3 aromatic heterocycles. The summed E-state index contributed by atoms with van der Waals surface area (Å²) in [5, 5.41) is 4.75. The lowest BCUT2D eigenvalue weighted by atomic mass is 10.1. The number of Topliss-reactive ketones (excluding diaryl/α,β-unsaturated/α-hetero) is 1. The Kier molecular flexibility index (Phi) is 5.98. The number of benzene rings is 2. The zero-order chi connectivity index (χ0) is 25.4. The second-order valence-electron chi connectivity index (χ2n) is 8.89. The molecular formula is C29H26N4O3. The number of para-hydroxylation sites is 1. The van der Waals surface area contributed by atoms with Gasteiger partial charge in [-0.15, -0.1) is 0 Å². The lowest BCUT2D eigenvalue weighted by Gasteiger charge is -2.11. The second-order valence-corrected chi connectivity index (χ2v) is 8.89. The summed E-state index contributed by atoms with van der Waals surface area (Å²) in [7, 11) is 0. The topological polar surface area (TPSA) is 78.5 Å². The predicted molar refractivity (Wildman–Crippen MR) is 139 cm³/mol. The van der Waals surface area contributed by atoms with Crippen LogP contribution in [0.25, 0.3) is 22.6 Å². The molecule has 0 fully saturated rings. The Morgan fingerprint density at radius 3 is 2.44 bits per heavy atom. The fourth-order valence-electron chi connectivity index (χ4n) is 4.26. The molecule has 36 heavy (non-hydrogen) atoms. The molecule has 0 N–H and O–H groups in total. The summed E-state index contributed by atoms with van der Waals surface area (Å²) >= 11 is 0. The number of ketones is 1. The number of carbonyl (C=O) groups excluding carboxylic acids is 1. The molecule has 0 amide bonds. The number of hydrogen-bond donors (Lipinski definition) is 0. The summed E-state index contributed by atoms with van der Waals surface area (Å²) in [5.41, 5.74) is 6.24. The molecule has 0 aliphatic heterocycles. The maximum Gasteiger partial charge on any atom is 0.267 e. The van der Waals surface area contributed by atoms with Crippen LogP contribution in [0.5, 0.6) is 5.75 Å². The molecule has 7 nitrogen and oxygen atoms in total. The van der Waals surface area contributed by atoms with E-state index in [1.807, 2.05) is 67.9 Å². The first-order valence-electron chi connectivity index (χ1n) is 11.7. The summed E-state index contributed by atoms with van der Waals surface area (Å²) in [6.45, 7) is 7.59. The van der Waals surface area contributed by atoms with Crippen LogP contribution in [0.15, 0.2) is 77.7 Å². The van der Waals surface area contributed by atoms with E-state index < -0.39 is 0 Å². The van der Waals surface area contributed by atoms with E-state index in [1.165, 1.54) is 4.40 Å². The molecule has 0 unspecified atom stereocenters. The van der Waals surface area contributed by atoms with Crippen LogP contribution in [0, 0.1) is 27.7 Å². The first-order valence-corrected chi connectivity index (χ1v) is 11.7. The lowest BCUT2D eigenvalue weighted by Crippen LogP contribution is -2.20. The van der Waals surface area contributed by atoms with Crippen molar-refractivity contribution in [3.05, 3.63) is 111 Å². The van der Waals surface area contributed by atoms with Gasteiger partial charge in [0.1, 0.15) is 5.69 Å². The van der Waals surface area contributed by atoms with Gasteiger partial charge in [0.25, 0.3) is 5.56 Å². The molecule has 0 saturated carbocycles. The van der Waals surface area contributed by atoms with Crippen molar-refractivity contribution in [2.45, 2.75) is 27.7 Å². The molecule has 0 saturated heterocycles. The normalized spacial score (nSPS) is 11.1. The number of pyridine rings is 1. The standard InChI is InChI=1S/C29H26N4O3/c1-18-11-13-22(14-12-18)25(34)17-36-26-10-7-15-32-28(26)30-21(4)27(29(32)35)23-16-20(3)33(31-23)24-9-6-5-8-19(24)2/h5-16H,17H2,1-4H3. The van der Waals surface area contributed by atoms with Crippen LogP contribution in [0.2, 0.25) is 0 Å². The fraction of sp³-hybridized carbons (Fsp3) is 0.172. The minimum atomic E-state index is -0.248. The SMILES string of the molecule is Cc1ccc(C(=O)COc2cccn3c(=O)c(-c4cc(C)n(-c5ccccc5C)n4)c(C)nc23)cc1. The molecule has 5 rings (SSSR count). The largest absolute Gasteiger partial charge is 0.482 e. The summed E-state index contributed by atoms with van der Waals surface area (Å²) in [5.74, 6) is 0.219. The molecule has 2 aromatic carbocycles. The average molecular weight is 479 g/mol. The third-order valence-electron chi connectivity index (χ3n) is 6.22. The Hall–Kier alpha value is -4.52. The number of fused-ring (bicyclic) bond motifs is 1. The van der Waals surface area contributed by atoms with Crippen LogP contribution in [-0.4, -0.2) is 31.6 Å². The molecule has 5 aromatic rings. The molecule has 0 bridgehead atoms. The van der Waals surface area contributed by atoms with Gasteiger partial charge < -0.3 is 4.74 Å². The van der Waals surface area contributed by atoms with Crippen LogP contribution >= 0.6 is 0 Å². The fourth-order valence-corrected chi connectivity index (χ4v) is 4.26. The highest BCUT2D eigenvalue weighted by molar-refractivity contribution is 5.97. The van der Waals surface area contributed by atoms with Crippen molar-refractivity contribution in [2.24, 2.45) is 0 Å². The number of aromatic nitrogens is 4. The third-order valence-corrected chi connectivity index (χ3v) is 6.22. The van der Waals surface area contributed by atoms with Gasteiger partial charge in [-0.25, -0.2) is 9.67 Å². The van der Waals surface area contributed by atoms with E-state index in [0.717, 1.165) is 22.5 Å². The van der Waals surface area contributed by atoms with Crippen molar-refractivity contribution in [2.75, 3.05) is 6.61 Å². The van der Waals surface area contributed by atoms with Gasteiger partial charge >= 0.3 is 0 Å². The van der Waals surface area contributed by atoms with Gasteiger partial charge in [0.05, 0.1) is 16.9 Å². The van der Waals surface area contributed by atoms with E-state index in [-0.39, 0.29) is 17.9 Å². The first-order chi connectivity index (χ1) is 17.3. The molecule has 180 valence electrons. The Balaban J connectivity index is 1.51. The van der Waals surface area contributed by atoms with E-state index in [4.69, 9.17) is 9.84 Å². The molecule has 0 atom stereocenters. The highest BCUT2D eigenvalue weighted by atomic mass is 16.5. The van der Waals surface area contributed by atoms with Crippen molar-refractivity contribution in [3.63, 3.8) is 0 Å². The van der Waals surface area contributed by atoms with Crippen molar-refractivity contribution in [3.8, 4) is 22.7 Å². The molecule has 7 heteroatoms. The van der Waals surface area contributed by atoms with Gasteiger partial charge in [-0.1, -0.05) is 48.0 Å². The molecule has 0 spiro atoms. The molecular weight excluding hydrogens is 452 g/mol. The molecule has 0 aliphatic rings. The minimum absolute atomic E-state index is 0.148. The molecule has 0 radical (unpaired) electrons. The van der Waals surface area contributed by atoms with Gasteiger partial charge in [0, 0.05) is 17.5 Å². The Labute approximate surface area is 208 Å². The number of ether oxygens (including phenoxy) is 1. The number of rotatable bonds is 6. The molecule has 3 heterocycles. The summed E-state index contributed by atoms with van der Waals surface area (Å²) < 4.78 is 9.11. The van der Waals surface area contributed by atoms with E-state index in [9.17, 15) is 9.59 Å². The van der Waals surface area contributed by atoms with Crippen LogP contribution in [0.1, 0.15) is 32.9 Å². The minimum Gasteiger partial charge on any atom is -0.482 e. The number of nitrogens with zero attached hydrogens (tertiary/aromatic N) is 4. The first kappa shape index (κ1) is 23.2. The third kappa shape index (κ3) is 4.20. The highest BCUT2D eigenvalue weighted by Crippen LogP contribution is 2.25. The Morgan fingerprint density at radius 1 is 0.944 bits per heavy atom. The average Bonchev–Trinajstić information content (AvgIpc) is 3.24. The van der Waals surface area contributed by atoms with Gasteiger partial charge in [0.15, 0.2) is 23.8 Å². The highest BCUT2D eigenvalue weighted by Gasteiger charge is 2.19. The lowest BCUT2D eigenvalue weighted by molar-refractivity contribution is 0.0922. The zero-order valence-corrected chi connectivity index (χ0v) is 20.6. The van der Waals surface area contributed by atoms with Crippen molar-refractivity contribution in [1.82, 2.24) is 19.2 Å². The number of hydrogen-bond acceptors (Lipinski definition) is 5. The van der Waals surface area contributed by atoms with Crippen LogP contribution in [-0.2, 0) is 0 Å². The summed E-state index contributed by atoms with van der Waals surface area (Å²) in [6, 6.07) is 20.6. The van der Waals surface area contributed by atoms with Crippen molar-refractivity contribution in [1.29, 1.82) is 0 Å². The predicted octanol–water partition coefficient (Wildman–Crippen LogP) is 5.04. The van der Waals surface area contributed by atoms with Gasteiger partial charge in [-0.3, -0.25) is 14.0 Å². The van der Waals surface area contributed by atoms with E-state index >= 15 is 0 Å². The maximum absolute atomic E-state index is 13.6. The maximum atomic E-state index is 13.6.